The van der Waals surface area contributed by atoms with Crippen LogP contribution in [0.3, 0.4) is 0 Å². The molecule has 2 N–H and O–H groups in total. The van der Waals surface area contributed by atoms with E-state index < -0.39 is 5.97 Å². The zero-order valence-electron chi connectivity index (χ0n) is 10.5. The summed E-state index contributed by atoms with van der Waals surface area (Å²) in [5.74, 6) is 0.153. The summed E-state index contributed by atoms with van der Waals surface area (Å²) in [4.78, 5) is 19.7. The number of rotatable bonds is 4. The molecule has 2 heterocycles. The molecule has 0 aromatic carbocycles. The molecule has 0 aliphatic rings. The van der Waals surface area contributed by atoms with Gasteiger partial charge in [-0.05, 0) is 6.92 Å². The third-order valence-corrected chi connectivity index (χ3v) is 2.25. The summed E-state index contributed by atoms with van der Waals surface area (Å²) in [5.41, 5.74) is 5.98. The van der Waals surface area contributed by atoms with Crippen LogP contribution in [0.2, 0.25) is 0 Å². The Bertz CT molecular complexity index is 596. The summed E-state index contributed by atoms with van der Waals surface area (Å²) in [6.45, 7) is 1.96. The van der Waals surface area contributed by atoms with E-state index in [0.29, 0.717) is 11.7 Å². The maximum Gasteiger partial charge on any atom is 0.361 e. The lowest BCUT2D eigenvalue weighted by atomic mass is 10.4. The lowest BCUT2D eigenvalue weighted by molar-refractivity contribution is 0.0520. The summed E-state index contributed by atoms with van der Waals surface area (Å²) in [7, 11) is 1.48. The maximum atomic E-state index is 11.6. The molecule has 0 saturated carbocycles. The quantitative estimate of drug-likeness (QED) is 0.797. The lowest BCUT2D eigenvalue weighted by Gasteiger charge is -2.02. The third-order valence-electron chi connectivity index (χ3n) is 2.25. The summed E-state index contributed by atoms with van der Waals surface area (Å²) < 4.78 is 11.2. The van der Waals surface area contributed by atoms with E-state index in [1.807, 2.05) is 0 Å². The fourth-order valence-corrected chi connectivity index (χ4v) is 1.41. The number of hydrogen-bond acceptors (Lipinski definition) is 7. The standard InChI is InChI=1S/C11H13N5O3/c1-3-19-11(17)10-7(12)6-16(15-10)8-4-13-5-9(14-8)18-2/h4-6H,3,12H2,1-2H3. The van der Waals surface area contributed by atoms with Gasteiger partial charge in [0.15, 0.2) is 11.5 Å². The van der Waals surface area contributed by atoms with Gasteiger partial charge >= 0.3 is 5.97 Å². The minimum atomic E-state index is -0.574. The first kappa shape index (κ1) is 12.8. The molecule has 0 amide bonds. The molecule has 100 valence electrons. The number of carbonyl (C=O) groups is 1. The highest BCUT2D eigenvalue weighted by Crippen LogP contribution is 2.15. The number of nitrogens with zero attached hydrogens (tertiary/aromatic N) is 4. The first-order valence-electron chi connectivity index (χ1n) is 5.54. The van der Waals surface area contributed by atoms with Crippen molar-refractivity contribution in [2.45, 2.75) is 6.92 Å². The molecule has 0 spiro atoms. The van der Waals surface area contributed by atoms with Crippen molar-refractivity contribution < 1.29 is 14.3 Å². The van der Waals surface area contributed by atoms with Crippen LogP contribution in [0.5, 0.6) is 5.88 Å². The maximum absolute atomic E-state index is 11.6. The van der Waals surface area contributed by atoms with Crippen molar-refractivity contribution in [2.75, 3.05) is 19.5 Å². The number of nitrogens with two attached hydrogens (primary N) is 1. The Labute approximate surface area is 109 Å². The minimum absolute atomic E-state index is 0.0477. The monoisotopic (exact) mass is 263 g/mol. The molecular formula is C11H13N5O3. The first-order chi connectivity index (χ1) is 9.15. The Morgan fingerprint density at radius 2 is 2.26 bits per heavy atom. The van der Waals surface area contributed by atoms with E-state index in [9.17, 15) is 4.79 Å². The summed E-state index contributed by atoms with van der Waals surface area (Å²) in [6.07, 6.45) is 4.40. The zero-order valence-corrected chi connectivity index (χ0v) is 10.5. The van der Waals surface area contributed by atoms with Gasteiger partial charge < -0.3 is 15.2 Å². The lowest BCUT2D eigenvalue weighted by Crippen LogP contribution is -2.09. The van der Waals surface area contributed by atoms with E-state index >= 15 is 0 Å². The zero-order chi connectivity index (χ0) is 13.8. The Morgan fingerprint density at radius 3 is 2.95 bits per heavy atom. The second kappa shape index (κ2) is 5.34. The van der Waals surface area contributed by atoms with Crippen molar-refractivity contribution in [3.8, 4) is 11.7 Å². The number of anilines is 1. The van der Waals surface area contributed by atoms with Gasteiger partial charge in [0.25, 0.3) is 0 Å². The van der Waals surface area contributed by atoms with Crippen LogP contribution in [0.15, 0.2) is 18.6 Å². The molecule has 8 heteroatoms. The van der Waals surface area contributed by atoms with Gasteiger partial charge in [-0.15, -0.1) is 0 Å². The van der Waals surface area contributed by atoms with Crippen molar-refractivity contribution in [3.63, 3.8) is 0 Å². The van der Waals surface area contributed by atoms with Crippen LogP contribution in [0.25, 0.3) is 5.82 Å². The summed E-state index contributed by atoms with van der Waals surface area (Å²) >= 11 is 0. The number of methoxy groups -OCH3 is 1. The van der Waals surface area contributed by atoms with Crippen LogP contribution < -0.4 is 10.5 Å². The van der Waals surface area contributed by atoms with Gasteiger partial charge in [-0.1, -0.05) is 0 Å². The van der Waals surface area contributed by atoms with E-state index in [-0.39, 0.29) is 18.0 Å². The minimum Gasteiger partial charge on any atom is -0.480 e. The number of ether oxygens (including phenoxy) is 2. The van der Waals surface area contributed by atoms with E-state index in [1.54, 1.807) is 6.92 Å². The van der Waals surface area contributed by atoms with Gasteiger partial charge in [-0.25, -0.2) is 9.48 Å². The van der Waals surface area contributed by atoms with Crippen molar-refractivity contribution in [3.05, 3.63) is 24.3 Å². The molecular weight excluding hydrogens is 250 g/mol. The number of hydrogen-bond donors (Lipinski definition) is 1. The largest absolute Gasteiger partial charge is 0.480 e. The molecule has 0 atom stereocenters. The fraction of sp³-hybridized carbons (Fsp3) is 0.273. The van der Waals surface area contributed by atoms with Crippen molar-refractivity contribution in [1.82, 2.24) is 19.7 Å². The number of carbonyl (C=O) groups excluding carboxylic acids is 1. The van der Waals surface area contributed by atoms with E-state index in [4.69, 9.17) is 15.2 Å². The van der Waals surface area contributed by atoms with Gasteiger partial charge in [0.1, 0.15) is 0 Å². The number of nitrogen functional groups attached to an aromatic ring is 1. The molecule has 2 aromatic heterocycles. The van der Waals surface area contributed by atoms with Crippen LogP contribution in [0.1, 0.15) is 17.4 Å². The van der Waals surface area contributed by atoms with Gasteiger partial charge in [0.05, 0.1) is 38.0 Å². The molecule has 8 nitrogen and oxygen atoms in total. The summed E-state index contributed by atoms with van der Waals surface area (Å²) in [6, 6.07) is 0. The molecule has 0 bridgehead atoms. The smallest absolute Gasteiger partial charge is 0.361 e. The van der Waals surface area contributed by atoms with Crippen LogP contribution in [-0.2, 0) is 4.74 Å². The molecule has 2 aromatic rings. The third kappa shape index (κ3) is 2.62. The van der Waals surface area contributed by atoms with E-state index in [1.165, 1.54) is 30.4 Å². The molecule has 0 fully saturated rings. The van der Waals surface area contributed by atoms with Crippen molar-refractivity contribution in [1.29, 1.82) is 0 Å². The van der Waals surface area contributed by atoms with Gasteiger partial charge in [-0.3, -0.25) is 4.98 Å². The fourth-order valence-electron chi connectivity index (χ4n) is 1.41. The highest BCUT2D eigenvalue weighted by Gasteiger charge is 2.17. The topological polar surface area (TPSA) is 105 Å². The molecule has 0 saturated heterocycles. The molecule has 0 unspecified atom stereocenters. The highest BCUT2D eigenvalue weighted by atomic mass is 16.5. The first-order valence-corrected chi connectivity index (χ1v) is 5.54. The molecule has 0 aliphatic carbocycles. The van der Waals surface area contributed by atoms with Crippen LogP contribution in [0.4, 0.5) is 5.69 Å². The number of esters is 1. The molecule has 2 rings (SSSR count). The normalized spacial score (nSPS) is 10.2. The average molecular weight is 263 g/mol. The number of aromatic nitrogens is 4. The second-order valence-corrected chi connectivity index (χ2v) is 3.52. The summed E-state index contributed by atoms with van der Waals surface area (Å²) in [5, 5.41) is 4.03. The Balaban J connectivity index is 2.36. The van der Waals surface area contributed by atoms with Crippen LogP contribution in [0, 0.1) is 0 Å². The predicted octanol–water partition coefficient (Wildman–Crippen LogP) is 0.430. The Kier molecular flexibility index (Phi) is 3.60. The average Bonchev–Trinajstić information content (AvgIpc) is 2.81. The molecule has 0 aliphatic heterocycles. The molecule has 19 heavy (non-hydrogen) atoms. The highest BCUT2D eigenvalue weighted by molar-refractivity contribution is 5.92. The second-order valence-electron chi connectivity index (χ2n) is 3.52. The molecule has 0 radical (unpaired) electrons. The SMILES string of the molecule is CCOC(=O)c1nn(-c2cncc(OC)n2)cc1N. The van der Waals surface area contributed by atoms with Crippen molar-refractivity contribution >= 4 is 11.7 Å². The van der Waals surface area contributed by atoms with Crippen LogP contribution in [-0.4, -0.2) is 39.4 Å². The van der Waals surface area contributed by atoms with Crippen molar-refractivity contribution in [2.24, 2.45) is 0 Å². The van der Waals surface area contributed by atoms with Crippen LogP contribution >= 0.6 is 0 Å². The van der Waals surface area contributed by atoms with Gasteiger partial charge in [0, 0.05) is 0 Å². The Morgan fingerprint density at radius 1 is 1.47 bits per heavy atom. The predicted molar refractivity (Wildman–Crippen MR) is 66.1 cm³/mol. The van der Waals surface area contributed by atoms with E-state index in [0.717, 1.165) is 0 Å². The Hall–Kier alpha value is -2.64. The van der Waals surface area contributed by atoms with Gasteiger partial charge in [0.2, 0.25) is 5.88 Å². The van der Waals surface area contributed by atoms with Gasteiger partial charge in [-0.2, -0.15) is 10.1 Å². The van der Waals surface area contributed by atoms with E-state index in [2.05, 4.69) is 15.1 Å².